The number of halogens is 3. The Kier molecular flexibility index (Phi) is 4.46. The van der Waals surface area contributed by atoms with Gasteiger partial charge >= 0.3 is 6.18 Å². The van der Waals surface area contributed by atoms with Gasteiger partial charge in [0.1, 0.15) is 5.82 Å². The van der Waals surface area contributed by atoms with Crippen molar-refractivity contribution in [1.82, 2.24) is 4.98 Å². The fourth-order valence-electron chi connectivity index (χ4n) is 2.07. The summed E-state index contributed by atoms with van der Waals surface area (Å²) in [5, 5.41) is 0.279. The molecule has 0 amide bonds. The summed E-state index contributed by atoms with van der Waals surface area (Å²) in [7, 11) is 0. The molecule has 6 heteroatoms. The van der Waals surface area contributed by atoms with E-state index in [1.807, 2.05) is 26.0 Å². The van der Waals surface area contributed by atoms with Crippen LogP contribution in [-0.2, 0) is 11.9 Å². The SMILES string of the molecule is Cc1cc(C)cc(CSc2cc(C(F)(F)F)cc(N)n2)c1. The summed E-state index contributed by atoms with van der Waals surface area (Å²) in [5.74, 6) is 0.434. The summed E-state index contributed by atoms with van der Waals surface area (Å²) in [6.07, 6.45) is -4.41. The summed E-state index contributed by atoms with van der Waals surface area (Å²) in [6, 6.07) is 7.95. The average molecular weight is 312 g/mol. The highest BCUT2D eigenvalue weighted by atomic mass is 32.2. The van der Waals surface area contributed by atoms with Crippen LogP contribution in [0.2, 0.25) is 0 Å². The van der Waals surface area contributed by atoms with Crippen molar-refractivity contribution in [2.24, 2.45) is 0 Å². The van der Waals surface area contributed by atoms with Crippen LogP contribution in [0.5, 0.6) is 0 Å². The molecule has 1 aromatic carbocycles. The Balaban J connectivity index is 2.18. The van der Waals surface area contributed by atoms with Gasteiger partial charge in [-0.15, -0.1) is 11.8 Å². The third kappa shape index (κ3) is 4.39. The minimum Gasteiger partial charge on any atom is -0.384 e. The highest BCUT2D eigenvalue weighted by Gasteiger charge is 2.31. The van der Waals surface area contributed by atoms with Gasteiger partial charge in [-0.05, 0) is 31.5 Å². The van der Waals surface area contributed by atoms with Crippen molar-refractivity contribution in [1.29, 1.82) is 0 Å². The second-order valence-electron chi connectivity index (χ2n) is 4.90. The van der Waals surface area contributed by atoms with Gasteiger partial charge in [-0.1, -0.05) is 29.3 Å². The van der Waals surface area contributed by atoms with Gasteiger partial charge in [-0.25, -0.2) is 4.98 Å². The van der Waals surface area contributed by atoms with Gasteiger partial charge < -0.3 is 5.73 Å². The molecule has 0 spiro atoms. The van der Waals surface area contributed by atoms with Gasteiger partial charge in [0.2, 0.25) is 0 Å². The van der Waals surface area contributed by atoms with Crippen molar-refractivity contribution in [3.63, 3.8) is 0 Å². The van der Waals surface area contributed by atoms with Crippen molar-refractivity contribution in [3.05, 3.63) is 52.6 Å². The number of thioether (sulfide) groups is 1. The van der Waals surface area contributed by atoms with E-state index in [9.17, 15) is 13.2 Å². The molecule has 0 saturated heterocycles. The molecule has 2 N–H and O–H groups in total. The normalized spacial score (nSPS) is 11.7. The van der Waals surface area contributed by atoms with Crippen LogP contribution in [0.4, 0.5) is 19.0 Å². The molecular formula is C15H15F3N2S. The maximum absolute atomic E-state index is 12.7. The summed E-state index contributed by atoms with van der Waals surface area (Å²) in [6.45, 7) is 3.98. The third-order valence-electron chi connectivity index (χ3n) is 2.82. The van der Waals surface area contributed by atoms with Crippen LogP contribution in [-0.4, -0.2) is 4.98 Å². The van der Waals surface area contributed by atoms with Crippen LogP contribution in [0.25, 0.3) is 0 Å². The van der Waals surface area contributed by atoms with Crippen molar-refractivity contribution in [2.75, 3.05) is 5.73 Å². The van der Waals surface area contributed by atoms with Crippen molar-refractivity contribution < 1.29 is 13.2 Å². The van der Waals surface area contributed by atoms with E-state index in [4.69, 9.17) is 5.73 Å². The number of hydrogen-bond acceptors (Lipinski definition) is 3. The molecule has 0 aliphatic heterocycles. The van der Waals surface area contributed by atoms with Gasteiger partial charge in [0.25, 0.3) is 0 Å². The monoisotopic (exact) mass is 312 g/mol. The second kappa shape index (κ2) is 5.97. The Morgan fingerprint density at radius 2 is 1.67 bits per heavy atom. The van der Waals surface area contributed by atoms with Gasteiger partial charge in [0.05, 0.1) is 10.6 Å². The lowest BCUT2D eigenvalue weighted by Gasteiger charge is -2.10. The van der Waals surface area contributed by atoms with Gasteiger partial charge in [0, 0.05) is 5.75 Å². The molecule has 0 fully saturated rings. The number of nitrogen functional groups attached to an aromatic ring is 1. The molecule has 2 nitrogen and oxygen atoms in total. The third-order valence-corrected chi connectivity index (χ3v) is 3.80. The maximum atomic E-state index is 12.7. The topological polar surface area (TPSA) is 38.9 Å². The number of alkyl halides is 3. The molecule has 21 heavy (non-hydrogen) atoms. The van der Waals surface area contributed by atoms with Crippen LogP contribution >= 0.6 is 11.8 Å². The first-order valence-corrected chi connectivity index (χ1v) is 7.27. The van der Waals surface area contributed by atoms with E-state index in [-0.39, 0.29) is 10.8 Å². The molecule has 2 rings (SSSR count). The smallest absolute Gasteiger partial charge is 0.384 e. The predicted molar refractivity (Wildman–Crippen MR) is 79.1 cm³/mol. The first-order chi connectivity index (χ1) is 9.74. The van der Waals surface area contributed by atoms with Crippen molar-refractivity contribution in [2.45, 2.75) is 30.8 Å². The minimum absolute atomic E-state index is 0.118. The molecule has 112 valence electrons. The fraction of sp³-hybridized carbons (Fsp3) is 0.267. The minimum atomic E-state index is -4.41. The van der Waals surface area contributed by atoms with Crippen LogP contribution in [0.3, 0.4) is 0 Å². The molecule has 1 heterocycles. The van der Waals surface area contributed by atoms with Crippen molar-refractivity contribution in [3.8, 4) is 0 Å². The maximum Gasteiger partial charge on any atom is 0.416 e. The number of nitrogens with two attached hydrogens (primary N) is 1. The molecule has 0 aliphatic carbocycles. The Labute approximate surface area is 125 Å². The van der Waals surface area contributed by atoms with Gasteiger partial charge in [-0.2, -0.15) is 13.2 Å². The first-order valence-electron chi connectivity index (χ1n) is 6.29. The Morgan fingerprint density at radius 3 is 2.24 bits per heavy atom. The fourth-order valence-corrected chi connectivity index (χ4v) is 2.93. The van der Waals surface area contributed by atoms with E-state index in [2.05, 4.69) is 11.1 Å². The Bertz CT molecular complexity index is 634. The molecule has 0 unspecified atom stereocenters. The zero-order chi connectivity index (χ0) is 15.6. The number of rotatable bonds is 3. The molecule has 0 saturated carbocycles. The summed E-state index contributed by atoms with van der Waals surface area (Å²) in [4.78, 5) is 3.95. The molecule has 0 aliphatic rings. The molecular weight excluding hydrogens is 297 g/mol. The first kappa shape index (κ1) is 15.7. The number of pyridine rings is 1. The molecule has 1 aromatic heterocycles. The molecule has 0 atom stereocenters. The number of anilines is 1. The Morgan fingerprint density at radius 1 is 1.05 bits per heavy atom. The highest BCUT2D eigenvalue weighted by molar-refractivity contribution is 7.98. The second-order valence-corrected chi connectivity index (χ2v) is 5.90. The predicted octanol–water partition coefficient (Wildman–Crippen LogP) is 4.59. The molecule has 2 aromatic rings. The van der Waals surface area contributed by atoms with Crippen LogP contribution in [0, 0.1) is 13.8 Å². The van der Waals surface area contributed by atoms with Crippen molar-refractivity contribution >= 4 is 17.6 Å². The number of nitrogens with zero attached hydrogens (tertiary/aromatic N) is 1. The average Bonchev–Trinajstić information content (AvgIpc) is 2.33. The summed E-state index contributed by atoms with van der Waals surface area (Å²) >= 11 is 1.24. The lowest BCUT2D eigenvalue weighted by Crippen LogP contribution is -2.07. The number of aryl methyl sites for hydroxylation is 2. The van der Waals surface area contributed by atoms with Crippen LogP contribution in [0.15, 0.2) is 35.4 Å². The number of hydrogen-bond donors (Lipinski definition) is 1. The molecule has 0 radical (unpaired) electrons. The zero-order valence-corrected chi connectivity index (χ0v) is 12.5. The number of benzene rings is 1. The standard InChI is InChI=1S/C15H15F3N2S/c1-9-3-10(2)5-11(4-9)8-21-14-7-12(15(16,17)18)6-13(19)20-14/h3-7H,8H2,1-2H3,(H2,19,20). The van der Waals surface area contributed by atoms with Gasteiger partial charge in [0.15, 0.2) is 0 Å². The quantitative estimate of drug-likeness (QED) is 0.842. The van der Waals surface area contributed by atoms with E-state index in [1.165, 1.54) is 11.8 Å². The number of aromatic nitrogens is 1. The zero-order valence-electron chi connectivity index (χ0n) is 11.7. The van der Waals surface area contributed by atoms with E-state index in [1.54, 1.807) is 0 Å². The van der Waals surface area contributed by atoms with E-state index in [0.717, 1.165) is 28.8 Å². The van der Waals surface area contributed by atoms with E-state index in [0.29, 0.717) is 5.75 Å². The van der Waals surface area contributed by atoms with Crippen LogP contribution < -0.4 is 5.73 Å². The summed E-state index contributed by atoms with van der Waals surface area (Å²) in [5.41, 5.74) is 7.99. The highest BCUT2D eigenvalue weighted by Crippen LogP contribution is 2.33. The van der Waals surface area contributed by atoms with Gasteiger partial charge in [-0.3, -0.25) is 0 Å². The lowest BCUT2D eigenvalue weighted by atomic mass is 10.1. The molecule has 0 bridgehead atoms. The van der Waals surface area contributed by atoms with E-state index >= 15 is 0 Å². The van der Waals surface area contributed by atoms with Crippen LogP contribution in [0.1, 0.15) is 22.3 Å². The lowest BCUT2D eigenvalue weighted by molar-refractivity contribution is -0.137. The largest absolute Gasteiger partial charge is 0.416 e. The Hall–Kier alpha value is -1.69. The van der Waals surface area contributed by atoms with E-state index < -0.39 is 11.7 Å². The summed E-state index contributed by atoms with van der Waals surface area (Å²) < 4.78 is 38.2.